The van der Waals surface area contributed by atoms with E-state index in [1.807, 2.05) is 0 Å². The van der Waals surface area contributed by atoms with Crippen LogP contribution in [0.5, 0.6) is 5.75 Å². The number of esters is 1. The predicted octanol–water partition coefficient (Wildman–Crippen LogP) is 4.35. The normalized spacial score (nSPS) is 21.9. The van der Waals surface area contributed by atoms with Gasteiger partial charge in [0.05, 0.1) is 23.1 Å². The fourth-order valence-electron chi connectivity index (χ4n) is 3.86. The molecule has 2 atom stereocenters. The van der Waals surface area contributed by atoms with Crippen LogP contribution in [0.1, 0.15) is 36.0 Å². The Morgan fingerprint density at radius 1 is 0.963 bits per heavy atom. The SMILES string of the molecule is O=C(Oc1ccc(Br)cc1)c1cccc(N2C(=O)[C@H]3CCCC[C@@H]3C2=O)c1. The number of ether oxygens (including phenoxy) is 1. The third kappa shape index (κ3) is 3.41. The van der Waals surface area contributed by atoms with E-state index in [-0.39, 0.29) is 23.7 Å². The highest BCUT2D eigenvalue weighted by molar-refractivity contribution is 9.10. The summed E-state index contributed by atoms with van der Waals surface area (Å²) in [6.45, 7) is 0. The van der Waals surface area contributed by atoms with Gasteiger partial charge in [0.1, 0.15) is 5.75 Å². The highest BCUT2D eigenvalue weighted by Gasteiger charge is 2.48. The zero-order chi connectivity index (χ0) is 19.0. The molecule has 138 valence electrons. The van der Waals surface area contributed by atoms with Crippen LogP contribution in [0.2, 0.25) is 0 Å². The minimum absolute atomic E-state index is 0.150. The molecule has 0 N–H and O–H groups in total. The zero-order valence-electron chi connectivity index (χ0n) is 14.6. The summed E-state index contributed by atoms with van der Waals surface area (Å²) in [4.78, 5) is 39.2. The number of benzene rings is 2. The molecule has 1 heterocycles. The first kappa shape index (κ1) is 17.9. The smallest absolute Gasteiger partial charge is 0.343 e. The van der Waals surface area contributed by atoms with Crippen molar-refractivity contribution in [2.45, 2.75) is 25.7 Å². The van der Waals surface area contributed by atoms with Crippen LogP contribution in [0.3, 0.4) is 0 Å². The lowest BCUT2D eigenvalue weighted by Crippen LogP contribution is -2.31. The van der Waals surface area contributed by atoms with Crippen molar-refractivity contribution in [1.29, 1.82) is 0 Å². The fourth-order valence-corrected chi connectivity index (χ4v) is 4.12. The van der Waals surface area contributed by atoms with Gasteiger partial charge in [-0.1, -0.05) is 34.8 Å². The van der Waals surface area contributed by atoms with Gasteiger partial charge in [-0.15, -0.1) is 0 Å². The molecular formula is C21H18BrNO4. The molecule has 2 amide bonds. The van der Waals surface area contributed by atoms with Gasteiger partial charge in [-0.05, 0) is 55.3 Å². The van der Waals surface area contributed by atoms with Crippen molar-refractivity contribution in [2.24, 2.45) is 11.8 Å². The maximum atomic E-state index is 12.7. The number of fused-ring (bicyclic) bond motifs is 1. The molecule has 6 heteroatoms. The highest BCUT2D eigenvalue weighted by atomic mass is 79.9. The van der Waals surface area contributed by atoms with Gasteiger partial charge < -0.3 is 4.74 Å². The van der Waals surface area contributed by atoms with E-state index in [1.54, 1.807) is 48.5 Å². The fraction of sp³-hybridized carbons (Fsp3) is 0.286. The van der Waals surface area contributed by atoms with E-state index in [9.17, 15) is 14.4 Å². The van der Waals surface area contributed by atoms with Crippen molar-refractivity contribution >= 4 is 39.4 Å². The highest BCUT2D eigenvalue weighted by Crippen LogP contribution is 2.40. The van der Waals surface area contributed by atoms with Gasteiger partial charge in [0.15, 0.2) is 0 Å². The number of amides is 2. The summed E-state index contributed by atoms with van der Waals surface area (Å²) in [6, 6.07) is 13.4. The maximum absolute atomic E-state index is 12.7. The summed E-state index contributed by atoms with van der Waals surface area (Å²) in [5.41, 5.74) is 0.732. The average Bonchev–Trinajstić information content (AvgIpc) is 2.95. The molecule has 1 saturated carbocycles. The predicted molar refractivity (Wildman–Crippen MR) is 103 cm³/mol. The first-order valence-corrected chi connectivity index (χ1v) is 9.79. The van der Waals surface area contributed by atoms with Crippen LogP contribution in [0, 0.1) is 11.8 Å². The first-order valence-electron chi connectivity index (χ1n) is 9.00. The van der Waals surface area contributed by atoms with E-state index < -0.39 is 5.97 Å². The van der Waals surface area contributed by atoms with Gasteiger partial charge in [0.25, 0.3) is 0 Å². The minimum atomic E-state index is -0.532. The Balaban J connectivity index is 1.57. The Morgan fingerprint density at radius 3 is 2.22 bits per heavy atom. The van der Waals surface area contributed by atoms with Crippen molar-refractivity contribution in [3.63, 3.8) is 0 Å². The molecule has 0 bridgehead atoms. The molecular weight excluding hydrogens is 410 g/mol. The summed E-state index contributed by atoms with van der Waals surface area (Å²) in [5, 5.41) is 0. The van der Waals surface area contributed by atoms with Crippen LogP contribution in [0.25, 0.3) is 0 Å². The number of carbonyl (C=O) groups is 3. The van der Waals surface area contributed by atoms with Gasteiger partial charge >= 0.3 is 5.97 Å². The van der Waals surface area contributed by atoms with E-state index in [4.69, 9.17) is 4.74 Å². The Labute approximate surface area is 165 Å². The van der Waals surface area contributed by atoms with Crippen LogP contribution in [0.15, 0.2) is 53.0 Å². The Kier molecular flexibility index (Phi) is 4.83. The summed E-state index contributed by atoms with van der Waals surface area (Å²) in [7, 11) is 0. The molecule has 0 radical (unpaired) electrons. The zero-order valence-corrected chi connectivity index (χ0v) is 16.1. The van der Waals surface area contributed by atoms with E-state index >= 15 is 0 Å². The number of rotatable bonds is 3. The monoisotopic (exact) mass is 427 g/mol. The van der Waals surface area contributed by atoms with Crippen LogP contribution in [-0.2, 0) is 9.59 Å². The van der Waals surface area contributed by atoms with Crippen LogP contribution in [-0.4, -0.2) is 17.8 Å². The second kappa shape index (κ2) is 7.27. The molecule has 1 saturated heterocycles. The lowest BCUT2D eigenvalue weighted by Gasteiger charge is -2.19. The van der Waals surface area contributed by atoms with Crippen molar-refractivity contribution in [2.75, 3.05) is 4.90 Å². The average molecular weight is 428 g/mol. The maximum Gasteiger partial charge on any atom is 0.343 e. The number of hydrogen-bond acceptors (Lipinski definition) is 4. The molecule has 27 heavy (non-hydrogen) atoms. The molecule has 5 nitrogen and oxygen atoms in total. The standard InChI is InChI=1S/C21H18BrNO4/c22-14-8-10-16(11-9-14)27-21(26)13-4-3-5-15(12-13)23-19(24)17-6-1-2-7-18(17)20(23)25/h3-5,8-12,17-18H,1-2,6-7H2/t17-,18-/m0/s1. The Bertz CT molecular complexity index is 885. The number of imide groups is 1. The van der Waals surface area contributed by atoms with Crippen LogP contribution < -0.4 is 9.64 Å². The molecule has 2 fully saturated rings. The van der Waals surface area contributed by atoms with Crippen molar-refractivity contribution < 1.29 is 19.1 Å². The third-order valence-electron chi connectivity index (χ3n) is 5.21. The largest absolute Gasteiger partial charge is 0.423 e. The number of carbonyl (C=O) groups excluding carboxylic acids is 3. The molecule has 0 aromatic heterocycles. The van der Waals surface area contributed by atoms with Crippen LogP contribution >= 0.6 is 15.9 Å². The molecule has 2 aliphatic rings. The molecule has 2 aromatic rings. The van der Waals surface area contributed by atoms with Gasteiger partial charge in [-0.3, -0.25) is 14.5 Å². The third-order valence-corrected chi connectivity index (χ3v) is 5.73. The second-order valence-electron chi connectivity index (χ2n) is 6.90. The number of anilines is 1. The summed E-state index contributed by atoms with van der Waals surface area (Å²) < 4.78 is 6.26. The lowest BCUT2D eigenvalue weighted by molar-refractivity contribution is -0.122. The summed E-state index contributed by atoms with van der Waals surface area (Å²) in [6.07, 6.45) is 3.48. The number of halogens is 1. The Hall–Kier alpha value is -2.47. The van der Waals surface area contributed by atoms with Crippen LogP contribution in [0.4, 0.5) is 5.69 Å². The lowest BCUT2D eigenvalue weighted by atomic mass is 9.81. The van der Waals surface area contributed by atoms with Gasteiger partial charge in [0, 0.05) is 4.47 Å². The van der Waals surface area contributed by atoms with E-state index in [2.05, 4.69) is 15.9 Å². The molecule has 1 aliphatic carbocycles. The van der Waals surface area contributed by atoms with E-state index in [1.165, 1.54) is 4.90 Å². The molecule has 0 unspecified atom stereocenters. The quantitative estimate of drug-likeness (QED) is 0.414. The molecule has 4 rings (SSSR count). The number of hydrogen-bond donors (Lipinski definition) is 0. The van der Waals surface area contributed by atoms with Crippen molar-refractivity contribution in [3.8, 4) is 5.75 Å². The molecule has 0 spiro atoms. The van der Waals surface area contributed by atoms with Crippen molar-refractivity contribution in [3.05, 3.63) is 58.6 Å². The second-order valence-corrected chi connectivity index (χ2v) is 7.82. The number of nitrogens with zero attached hydrogens (tertiary/aromatic N) is 1. The van der Waals surface area contributed by atoms with Gasteiger partial charge in [-0.25, -0.2) is 4.79 Å². The topological polar surface area (TPSA) is 63.7 Å². The van der Waals surface area contributed by atoms with Crippen molar-refractivity contribution in [1.82, 2.24) is 0 Å². The molecule has 2 aromatic carbocycles. The first-order chi connectivity index (χ1) is 13.0. The minimum Gasteiger partial charge on any atom is -0.423 e. The summed E-state index contributed by atoms with van der Waals surface area (Å²) in [5.74, 6) is -0.843. The van der Waals surface area contributed by atoms with E-state index in [0.717, 1.165) is 30.2 Å². The van der Waals surface area contributed by atoms with E-state index in [0.29, 0.717) is 17.0 Å². The van der Waals surface area contributed by atoms with Gasteiger partial charge in [0.2, 0.25) is 11.8 Å². The summed E-state index contributed by atoms with van der Waals surface area (Å²) >= 11 is 3.33. The van der Waals surface area contributed by atoms with Gasteiger partial charge in [-0.2, -0.15) is 0 Å². The Morgan fingerprint density at radius 2 is 1.59 bits per heavy atom. The molecule has 1 aliphatic heterocycles.